The summed E-state index contributed by atoms with van der Waals surface area (Å²) in [6, 6.07) is 21.1. The summed E-state index contributed by atoms with van der Waals surface area (Å²) in [6.07, 6.45) is 0. The molecule has 298 valence electrons. The van der Waals surface area contributed by atoms with Crippen LogP contribution in [0.15, 0.2) is 147 Å². The summed E-state index contributed by atoms with van der Waals surface area (Å²) < 4.78 is 105. The number of thiol groups is 1. The molecule has 6 aromatic carbocycles. The second kappa shape index (κ2) is 15.8. The van der Waals surface area contributed by atoms with Gasteiger partial charge in [0.15, 0.2) is 5.75 Å². The third-order valence-electron chi connectivity index (χ3n) is 7.91. The van der Waals surface area contributed by atoms with Crippen molar-refractivity contribution in [3.63, 3.8) is 0 Å². The number of phenolic OH excluding ortho intramolecular Hbond substituents is 2. The second-order valence-corrected chi connectivity index (χ2v) is 16.6. The first kappa shape index (κ1) is 41.1. The summed E-state index contributed by atoms with van der Waals surface area (Å²) in [5.74, 6) is -1.17. The first-order valence-corrected chi connectivity index (χ1v) is 20.6. The Hall–Kier alpha value is -6.54. The first-order chi connectivity index (χ1) is 27.2. The van der Waals surface area contributed by atoms with Gasteiger partial charge in [-0.3, -0.25) is 13.7 Å². The minimum atomic E-state index is -5.22. The van der Waals surface area contributed by atoms with Crippen LogP contribution in [0.3, 0.4) is 0 Å². The molecule has 0 heterocycles. The third kappa shape index (κ3) is 9.18. The Labute approximate surface area is 334 Å². The highest BCUT2D eigenvalue weighted by molar-refractivity contribution is 7.86. The molecule has 0 saturated heterocycles. The molecule has 0 aromatic heterocycles. The van der Waals surface area contributed by atoms with E-state index in [1.807, 2.05) is 0 Å². The zero-order valence-corrected chi connectivity index (χ0v) is 32.3. The van der Waals surface area contributed by atoms with Gasteiger partial charge in [-0.25, -0.2) is 0 Å². The van der Waals surface area contributed by atoms with Gasteiger partial charge in [-0.1, -0.05) is 0 Å². The van der Waals surface area contributed by atoms with Crippen molar-refractivity contribution in [3.8, 4) is 11.5 Å². The molecular formula is C34H27N9O11S4. The summed E-state index contributed by atoms with van der Waals surface area (Å²) in [5, 5.41) is 46.5. The summed E-state index contributed by atoms with van der Waals surface area (Å²) in [6.45, 7) is 0. The van der Waals surface area contributed by atoms with Crippen LogP contribution in [-0.2, 0) is 30.4 Å². The Morgan fingerprint density at radius 1 is 0.552 bits per heavy atom. The maximum atomic E-state index is 12.5. The van der Waals surface area contributed by atoms with Crippen molar-refractivity contribution in [3.05, 3.63) is 97.1 Å². The maximum absolute atomic E-state index is 12.5. The molecule has 0 unspecified atom stereocenters. The molecule has 0 amide bonds. The Balaban J connectivity index is 1.37. The fourth-order valence-corrected chi connectivity index (χ4v) is 7.38. The number of anilines is 4. The van der Waals surface area contributed by atoms with Gasteiger partial charge in [-0.2, -0.15) is 40.6 Å². The van der Waals surface area contributed by atoms with Crippen molar-refractivity contribution < 1.29 is 49.1 Å². The van der Waals surface area contributed by atoms with E-state index >= 15 is 0 Å². The van der Waals surface area contributed by atoms with E-state index < -0.39 is 78.6 Å². The highest BCUT2D eigenvalue weighted by Crippen LogP contribution is 2.48. The van der Waals surface area contributed by atoms with E-state index in [1.54, 1.807) is 12.1 Å². The normalized spacial score (nSPS) is 12.6. The number of aromatic hydroxyl groups is 2. The van der Waals surface area contributed by atoms with Crippen LogP contribution in [0.1, 0.15) is 0 Å². The predicted octanol–water partition coefficient (Wildman–Crippen LogP) is 8.43. The summed E-state index contributed by atoms with van der Waals surface area (Å²) in [4.78, 5) is -2.14. The number of benzene rings is 6. The molecule has 24 heteroatoms. The molecule has 20 nitrogen and oxygen atoms in total. The lowest BCUT2D eigenvalue weighted by molar-refractivity contribution is 0.472. The van der Waals surface area contributed by atoms with E-state index in [2.05, 4.69) is 48.6 Å². The number of hydrogen-bond acceptors (Lipinski definition) is 18. The molecule has 0 aliphatic carbocycles. The lowest BCUT2D eigenvalue weighted by Gasteiger charge is -2.14. The van der Waals surface area contributed by atoms with Crippen molar-refractivity contribution in [1.29, 1.82) is 0 Å². The number of fused-ring (bicyclic) bond motifs is 1. The van der Waals surface area contributed by atoms with Crippen LogP contribution >= 0.6 is 12.6 Å². The Morgan fingerprint density at radius 2 is 1.07 bits per heavy atom. The number of nitrogens with two attached hydrogens (primary N) is 2. The third-order valence-corrected chi connectivity index (χ3v) is 10.8. The molecule has 10 N–H and O–H groups in total. The number of hydrogen-bond donors (Lipinski definition) is 9. The van der Waals surface area contributed by atoms with Gasteiger partial charge in [0.2, 0.25) is 0 Å². The van der Waals surface area contributed by atoms with Crippen LogP contribution in [0.5, 0.6) is 11.5 Å². The Morgan fingerprint density at radius 3 is 1.66 bits per heavy atom. The standard InChI is InChI=1S/C34H27N9O11S4/c35-18-1-11-24(26(44)15-18)41-38-20-4-2-19(3-5-20)37-25-12-8-22(16-27(25)56(46,47)48)40-42-32-28(57(49,50)51)13-17-14-29(58(52,53)54)33(34(45)30(17)31(32)36)43-39-21-6-9-23(55)10-7-21/h1-16,37,44-45,55H,35-36H2,(H,46,47,48)(H,49,50,51)(H,52,53,54). The zero-order chi connectivity index (χ0) is 42.2. The molecule has 58 heavy (non-hydrogen) atoms. The number of phenols is 2. The summed E-state index contributed by atoms with van der Waals surface area (Å²) in [7, 11) is -15.3. The molecule has 6 rings (SSSR count). The van der Waals surface area contributed by atoms with Gasteiger partial charge in [-0.15, -0.1) is 28.0 Å². The molecule has 0 radical (unpaired) electrons. The lowest BCUT2D eigenvalue weighted by Crippen LogP contribution is -2.04. The van der Waals surface area contributed by atoms with E-state index in [4.69, 9.17) is 11.5 Å². The average molecular weight is 866 g/mol. The molecule has 0 fully saturated rings. The van der Waals surface area contributed by atoms with Crippen LogP contribution in [-0.4, -0.2) is 49.1 Å². The molecule has 0 aliphatic heterocycles. The van der Waals surface area contributed by atoms with Crippen LogP contribution in [0, 0.1) is 0 Å². The van der Waals surface area contributed by atoms with Crippen molar-refractivity contribution in [1.82, 2.24) is 0 Å². The first-order valence-electron chi connectivity index (χ1n) is 15.9. The van der Waals surface area contributed by atoms with E-state index in [0.717, 1.165) is 12.1 Å². The quantitative estimate of drug-likeness (QED) is 0.0255. The van der Waals surface area contributed by atoms with Crippen LogP contribution in [0.25, 0.3) is 10.8 Å². The highest BCUT2D eigenvalue weighted by Gasteiger charge is 2.28. The van der Waals surface area contributed by atoms with Gasteiger partial charge in [0.05, 0.1) is 33.8 Å². The topological polar surface area (TPSA) is 342 Å². The molecule has 0 atom stereocenters. The van der Waals surface area contributed by atoms with Crippen LogP contribution < -0.4 is 16.8 Å². The predicted molar refractivity (Wildman–Crippen MR) is 214 cm³/mol. The smallest absolute Gasteiger partial charge is 0.296 e. The molecule has 0 bridgehead atoms. The number of nitrogen functional groups attached to an aromatic ring is 2. The van der Waals surface area contributed by atoms with E-state index in [-0.39, 0.29) is 28.5 Å². The monoisotopic (exact) mass is 865 g/mol. The van der Waals surface area contributed by atoms with Gasteiger partial charge in [0, 0.05) is 22.3 Å². The van der Waals surface area contributed by atoms with Crippen molar-refractivity contribution >= 4 is 111 Å². The van der Waals surface area contributed by atoms with Gasteiger partial charge in [0.25, 0.3) is 30.4 Å². The zero-order valence-electron chi connectivity index (χ0n) is 28.9. The Kier molecular flexibility index (Phi) is 11.2. The lowest BCUT2D eigenvalue weighted by atomic mass is 10.1. The number of azo groups is 3. The SMILES string of the molecule is Nc1ccc(N=Nc2ccc(Nc3ccc(N=Nc4c(S(=O)(=O)O)cc5cc(S(=O)(=O)O)c(N=Nc6ccc(S)cc6)c(O)c5c4N)cc3S(=O)(=O)O)cc2)c(O)c1. The van der Waals surface area contributed by atoms with Crippen molar-refractivity contribution in [2.24, 2.45) is 30.7 Å². The summed E-state index contributed by atoms with van der Waals surface area (Å²) >= 11 is 4.16. The summed E-state index contributed by atoms with van der Waals surface area (Å²) in [5.41, 5.74) is 10.6. The van der Waals surface area contributed by atoms with E-state index in [9.17, 15) is 49.1 Å². The largest absolute Gasteiger partial charge is 0.506 e. The van der Waals surface area contributed by atoms with E-state index in [1.165, 1.54) is 66.7 Å². The fraction of sp³-hybridized carbons (Fsp3) is 0. The van der Waals surface area contributed by atoms with Gasteiger partial charge >= 0.3 is 0 Å². The van der Waals surface area contributed by atoms with Crippen LogP contribution in [0.4, 0.5) is 56.9 Å². The number of rotatable bonds is 11. The Bertz CT molecular complexity index is 3050. The highest BCUT2D eigenvalue weighted by atomic mass is 32.2. The molecule has 0 saturated carbocycles. The van der Waals surface area contributed by atoms with Gasteiger partial charge in [0.1, 0.15) is 37.5 Å². The van der Waals surface area contributed by atoms with Crippen molar-refractivity contribution in [2.45, 2.75) is 19.6 Å². The van der Waals surface area contributed by atoms with Crippen molar-refractivity contribution in [2.75, 3.05) is 16.8 Å². The molecule has 6 aromatic rings. The second-order valence-electron chi connectivity index (χ2n) is 11.9. The van der Waals surface area contributed by atoms with Gasteiger partial charge in [-0.05, 0) is 96.4 Å². The number of nitrogens with one attached hydrogen (secondary N) is 1. The van der Waals surface area contributed by atoms with E-state index in [0.29, 0.717) is 28.0 Å². The average Bonchev–Trinajstić information content (AvgIpc) is 3.14. The molecule has 0 aliphatic rings. The molecular weight excluding hydrogens is 839 g/mol. The minimum absolute atomic E-state index is 0.130. The maximum Gasteiger partial charge on any atom is 0.296 e. The molecule has 0 spiro atoms. The van der Waals surface area contributed by atoms with Crippen LogP contribution in [0.2, 0.25) is 0 Å². The fourth-order valence-electron chi connectivity index (χ4n) is 5.23. The minimum Gasteiger partial charge on any atom is -0.506 e. The number of nitrogens with zero attached hydrogens (tertiary/aromatic N) is 6. The van der Waals surface area contributed by atoms with Gasteiger partial charge < -0.3 is 27.0 Å².